The van der Waals surface area contributed by atoms with Gasteiger partial charge in [0.05, 0.1) is 18.1 Å². The number of allylic oxidation sites excluding steroid dienone is 1. The normalized spacial score (nSPS) is 10.5. The molecule has 140 valence electrons. The number of para-hydroxylation sites is 1. The third kappa shape index (κ3) is 4.57. The molecule has 0 radical (unpaired) electrons. The van der Waals surface area contributed by atoms with Crippen LogP contribution in [0.15, 0.2) is 100 Å². The van der Waals surface area contributed by atoms with Crippen molar-refractivity contribution in [3.63, 3.8) is 0 Å². The molecule has 0 amide bonds. The summed E-state index contributed by atoms with van der Waals surface area (Å²) in [5.74, 6) is 0.901. The lowest BCUT2D eigenvalue weighted by atomic mass is 10.1. The van der Waals surface area contributed by atoms with E-state index in [0.29, 0.717) is 16.5 Å². The monoisotopic (exact) mass is 370 g/mol. The Morgan fingerprint density at radius 3 is 2.21 bits per heavy atom. The zero-order valence-electron chi connectivity index (χ0n) is 16.0. The summed E-state index contributed by atoms with van der Waals surface area (Å²) >= 11 is 0. The van der Waals surface area contributed by atoms with Crippen molar-refractivity contribution in [2.24, 2.45) is 0 Å². The Labute approximate surface area is 164 Å². The molecule has 3 heteroatoms. The first-order chi connectivity index (χ1) is 13.7. The number of benzene rings is 3. The summed E-state index contributed by atoms with van der Waals surface area (Å²) in [6.07, 6.45) is 5.60. The van der Waals surface area contributed by atoms with Crippen LogP contribution in [0.25, 0.3) is 28.2 Å². The van der Waals surface area contributed by atoms with Crippen LogP contribution in [0, 0.1) is 0 Å². The predicted octanol–water partition coefficient (Wildman–Crippen LogP) is 6.19. The lowest BCUT2D eigenvalue weighted by Crippen LogP contribution is -2.04. The van der Waals surface area contributed by atoms with Gasteiger partial charge in [0.1, 0.15) is 17.6 Å². The van der Waals surface area contributed by atoms with Crippen molar-refractivity contribution in [2.45, 2.75) is 6.92 Å². The summed E-state index contributed by atoms with van der Waals surface area (Å²) in [5, 5.41) is 0.619. The molecule has 0 aliphatic rings. The maximum Gasteiger partial charge on any atom is 0.200 e. The van der Waals surface area contributed by atoms with E-state index in [1.54, 1.807) is 19.2 Å². The molecule has 0 aliphatic heterocycles. The quantitative estimate of drug-likeness (QED) is 0.432. The molecule has 0 unspecified atom stereocenters. The lowest BCUT2D eigenvalue weighted by molar-refractivity contribution is 0.415. The van der Waals surface area contributed by atoms with Crippen LogP contribution in [0.1, 0.15) is 12.5 Å². The zero-order valence-corrected chi connectivity index (χ0v) is 16.0. The fourth-order valence-electron chi connectivity index (χ4n) is 2.80. The van der Waals surface area contributed by atoms with E-state index >= 15 is 0 Å². The highest BCUT2D eigenvalue weighted by atomic mass is 16.5. The molecule has 0 aliphatic carbocycles. The third-order valence-electron chi connectivity index (χ3n) is 4.24. The van der Waals surface area contributed by atoms with Gasteiger partial charge in [0.15, 0.2) is 5.43 Å². The highest BCUT2D eigenvalue weighted by Crippen LogP contribution is 2.19. The van der Waals surface area contributed by atoms with Crippen molar-refractivity contribution < 1.29 is 9.15 Å². The number of ether oxygens (including phenoxy) is 1. The van der Waals surface area contributed by atoms with Gasteiger partial charge in [-0.15, -0.1) is 0 Å². The van der Waals surface area contributed by atoms with Gasteiger partial charge in [0, 0.05) is 0 Å². The first-order valence-electron chi connectivity index (χ1n) is 9.05. The summed E-state index contributed by atoms with van der Waals surface area (Å²) in [6, 6.07) is 24.8. The van der Waals surface area contributed by atoms with Gasteiger partial charge in [-0.25, -0.2) is 0 Å². The average Bonchev–Trinajstić information content (AvgIpc) is 2.76. The van der Waals surface area contributed by atoms with Crippen LogP contribution < -0.4 is 10.2 Å². The number of hydrogen-bond acceptors (Lipinski definition) is 3. The number of hydrogen-bond donors (Lipinski definition) is 0. The van der Waals surface area contributed by atoms with Crippen LogP contribution in [0.5, 0.6) is 5.75 Å². The molecule has 0 saturated heterocycles. The van der Waals surface area contributed by atoms with Crippen LogP contribution in [-0.4, -0.2) is 7.11 Å². The van der Waals surface area contributed by atoms with E-state index in [2.05, 4.69) is 6.08 Å². The molecule has 0 fully saturated rings. The van der Waals surface area contributed by atoms with Crippen LogP contribution in [0.4, 0.5) is 0 Å². The molecule has 3 aromatic carbocycles. The molecule has 4 aromatic rings. The Kier molecular flexibility index (Phi) is 6.42. The van der Waals surface area contributed by atoms with E-state index in [9.17, 15) is 4.79 Å². The Morgan fingerprint density at radius 1 is 0.857 bits per heavy atom. The summed E-state index contributed by atoms with van der Waals surface area (Å²) in [4.78, 5) is 12.3. The van der Waals surface area contributed by atoms with Crippen molar-refractivity contribution in [1.82, 2.24) is 0 Å². The molecule has 0 bridgehead atoms. The molecule has 4 rings (SSSR count). The SMILES string of the molecule is C/C=C/c1ccc(OC)cc1.O=c1c(-c2ccccc2)coc2ccccc12. The second-order valence-corrected chi connectivity index (χ2v) is 6.11. The van der Waals surface area contributed by atoms with Gasteiger partial charge in [-0.1, -0.05) is 66.7 Å². The van der Waals surface area contributed by atoms with E-state index in [-0.39, 0.29) is 5.43 Å². The highest BCUT2D eigenvalue weighted by Gasteiger charge is 2.07. The molecular weight excluding hydrogens is 348 g/mol. The minimum absolute atomic E-state index is 0.0121. The molecule has 1 heterocycles. The van der Waals surface area contributed by atoms with E-state index in [1.165, 1.54) is 11.8 Å². The Balaban J connectivity index is 0.000000178. The first-order valence-corrected chi connectivity index (χ1v) is 9.05. The van der Waals surface area contributed by atoms with Gasteiger partial charge in [0.25, 0.3) is 0 Å². The first kappa shape index (κ1) is 19.2. The van der Waals surface area contributed by atoms with E-state index in [0.717, 1.165) is 11.3 Å². The number of methoxy groups -OCH3 is 1. The van der Waals surface area contributed by atoms with E-state index < -0.39 is 0 Å². The summed E-state index contributed by atoms with van der Waals surface area (Å²) in [6.45, 7) is 2.00. The Hall–Kier alpha value is -3.59. The fraction of sp³-hybridized carbons (Fsp3) is 0.0800. The molecule has 28 heavy (non-hydrogen) atoms. The van der Waals surface area contributed by atoms with Crippen molar-refractivity contribution in [3.05, 3.63) is 107 Å². The Morgan fingerprint density at radius 2 is 1.54 bits per heavy atom. The summed E-state index contributed by atoms with van der Waals surface area (Å²) < 4.78 is 10.5. The number of fused-ring (bicyclic) bond motifs is 1. The van der Waals surface area contributed by atoms with Crippen molar-refractivity contribution in [1.29, 1.82) is 0 Å². The molecule has 3 nitrogen and oxygen atoms in total. The zero-order chi connectivity index (χ0) is 19.8. The summed E-state index contributed by atoms with van der Waals surface area (Å²) in [5.41, 5.74) is 3.32. The van der Waals surface area contributed by atoms with Crippen molar-refractivity contribution >= 4 is 17.0 Å². The molecule has 0 atom stereocenters. The topological polar surface area (TPSA) is 39.4 Å². The van der Waals surface area contributed by atoms with Crippen LogP contribution in [0.2, 0.25) is 0 Å². The van der Waals surface area contributed by atoms with Crippen molar-refractivity contribution in [3.8, 4) is 16.9 Å². The molecule has 0 spiro atoms. The maximum atomic E-state index is 12.3. The molecule has 1 aromatic heterocycles. The van der Waals surface area contributed by atoms with E-state index in [1.807, 2.05) is 79.7 Å². The van der Waals surface area contributed by atoms with Gasteiger partial charge in [0.2, 0.25) is 0 Å². The van der Waals surface area contributed by atoms with Crippen LogP contribution in [0.3, 0.4) is 0 Å². The smallest absolute Gasteiger partial charge is 0.200 e. The van der Waals surface area contributed by atoms with Gasteiger partial charge >= 0.3 is 0 Å². The second-order valence-electron chi connectivity index (χ2n) is 6.11. The van der Waals surface area contributed by atoms with Gasteiger partial charge in [-0.05, 0) is 42.3 Å². The minimum atomic E-state index is 0.0121. The van der Waals surface area contributed by atoms with Crippen LogP contribution >= 0.6 is 0 Å². The average molecular weight is 370 g/mol. The van der Waals surface area contributed by atoms with Gasteiger partial charge < -0.3 is 9.15 Å². The van der Waals surface area contributed by atoms with Crippen molar-refractivity contribution in [2.75, 3.05) is 7.11 Å². The predicted molar refractivity (Wildman–Crippen MR) is 116 cm³/mol. The lowest BCUT2D eigenvalue weighted by Gasteiger charge is -2.01. The molecular formula is C25H22O3. The highest BCUT2D eigenvalue weighted by molar-refractivity contribution is 5.81. The van der Waals surface area contributed by atoms with Gasteiger partial charge in [-0.3, -0.25) is 4.79 Å². The second kappa shape index (κ2) is 9.38. The van der Waals surface area contributed by atoms with E-state index in [4.69, 9.17) is 9.15 Å². The minimum Gasteiger partial charge on any atom is -0.497 e. The largest absolute Gasteiger partial charge is 0.497 e. The molecule has 0 N–H and O–H groups in total. The maximum absolute atomic E-state index is 12.3. The standard InChI is InChI=1S/C15H10O2.C10H12O/c16-15-12-8-4-5-9-14(12)17-10-13(15)11-6-2-1-3-7-11;1-3-4-9-5-7-10(11-2)8-6-9/h1-10H;3-8H,1-2H3/b;4-3+. The fourth-order valence-corrected chi connectivity index (χ4v) is 2.80. The summed E-state index contributed by atoms with van der Waals surface area (Å²) in [7, 11) is 1.67. The number of rotatable bonds is 3. The van der Waals surface area contributed by atoms with Crippen LogP contribution in [-0.2, 0) is 0 Å². The van der Waals surface area contributed by atoms with Gasteiger partial charge in [-0.2, -0.15) is 0 Å². The third-order valence-corrected chi connectivity index (χ3v) is 4.24. The Bertz CT molecular complexity index is 1110. The molecule has 0 saturated carbocycles.